The van der Waals surface area contributed by atoms with Gasteiger partial charge in [-0.3, -0.25) is 14.5 Å². The number of carbonyl (C=O) groups is 4. The first-order valence-electron chi connectivity index (χ1n) is 8.33. The largest absolute Gasteiger partial charge is 0.546 e. The number of aliphatic carboxylic acids is 1. The van der Waals surface area contributed by atoms with Crippen molar-refractivity contribution in [3.63, 3.8) is 0 Å². The summed E-state index contributed by atoms with van der Waals surface area (Å²) in [5.41, 5.74) is 0.490. The van der Waals surface area contributed by atoms with Crippen LogP contribution in [0.15, 0.2) is 21.5 Å². The first-order valence-corrected chi connectivity index (χ1v) is 9.94. The van der Waals surface area contributed by atoms with Gasteiger partial charge in [-0.25, -0.2) is 4.79 Å². The number of carbonyl (C=O) groups excluding carboxylic acids is 4. The molecule has 0 saturated carbocycles. The molecule has 1 aromatic rings. The van der Waals surface area contributed by atoms with E-state index in [9.17, 15) is 24.3 Å². The van der Waals surface area contributed by atoms with Crippen LogP contribution >= 0.6 is 27.7 Å². The number of benzene rings is 1. The van der Waals surface area contributed by atoms with Crippen molar-refractivity contribution in [2.24, 2.45) is 0 Å². The van der Waals surface area contributed by atoms with Gasteiger partial charge in [0.2, 0.25) is 0 Å². The average molecular weight is 487 g/mol. The summed E-state index contributed by atoms with van der Waals surface area (Å²) in [4.78, 5) is 48.3. The van der Waals surface area contributed by atoms with Gasteiger partial charge < -0.3 is 24.1 Å². The minimum absolute atomic E-state index is 0.114. The zero-order valence-electron chi connectivity index (χ0n) is 15.7. The van der Waals surface area contributed by atoms with Crippen LogP contribution in [0.4, 0.5) is 4.79 Å². The topological polar surface area (TPSA) is 122 Å². The SMILES string of the molecule is CCOC(=O)C(C)N1C(=O)SC(=Cc2cc(Br)c(OCC(=O)[O-])c(OC)c2)C1=O. The fourth-order valence-electron chi connectivity index (χ4n) is 2.43. The Kier molecular flexibility index (Phi) is 7.68. The number of ether oxygens (including phenoxy) is 3. The molecule has 0 radical (unpaired) electrons. The Morgan fingerprint density at radius 3 is 2.62 bits per heavy atom. The third kappa shape index (κ3) is 5.30. The van der Waals surface area contributed by atoms with Crippen LogP contribution in [0.5, 0.6) is 11.5 Å². The Balaban J connectivity index is 2.31. The van der Waals surface area contributed by atoms with Crippen LogP contribution in [-0.2, 0) is 19.1 Å². The first kappa shape index (κ1) is 22.8. The van der Waals surface area contributed by atoms with Crippen LogP contribution in [0, 0.1) is 0 Å². The standard InChI is InChI=1S/C18H18BrNO8S/c1-4-27-17(24)9(2)20-16(23)13(29-18(20)25)7-10-5-11(19)15(12(6-10)26-3)28-8-14(21)22/h5-7,9H,4,8H2,1-3H3,(H,21,22)/p-1. The number of carboxylic acids is 1. The maximum atomic E-state index is 12.6. The zero-order valence-corrected chi connectivity index (χ0v) is 18.1. The minimum atomic E-state index is -1.40. The summed E-state index contributed by atoms with van der Waals surface area (Å²) in [5, 5.41) is 10.0. The van der Waals surface area contributed by atoms with E-state index in [1.165, 1.54) is 26.2 Å². The zero-order chi connectivity index (χ0) is 21.7. The number of thioether (sulfide) groups is 1. The number of hydrogen-bond donors (Lipinski definition) is 0. The molecule has 9 nitrogen and oxygen atoms in total. The Hall–Kier alpha value is -2.53. The molecule has 2 rings (SSSR count). The maximum Gasteiger partial charge on any atom is 0.329 e. The van der Waals surface area contributed by atoms with Crippen molar-refractivity contribution in [3.05, 3.63) is 27.1 Å². The molecule has 0 N–H and O–H groups in total. The molecule has 1 aliphatic rings. The quantitative estimate of drug-likeness (QED) is 0.397. The van der Waals surface area contributed by atoms with Crippen LogP contribution in [0.2, 0.25) is 0 Å². The molecule has 1 unspecified atom stereocenters. The van der Waals surface area contributed by atoms with Crippen molar-refractivity contribution in [1.29, 1.82) is 0 Å². The second kappa shape index (κ2) is 9.79. The highest BCUT2D eigenvalue weighted by atomic mass is 79.9. The highest BCUT2D eigenvalue weighted by Gasteiger charge is 2.41. The molecule has 0 aromatic heterocycles. The van der Waals surface area contributed by atoms with Crippen molar-refractivity contribution >= 4 is 56.9 Å². The summed E-state index contributed by atoms with van der Waals surface area (Å²) in [6.45, 7) is 2.51. The molecule has 156 valence electrons. The van der Waals surface area contributed by atoms with Gasteiger partial charge in [-0.2, -0.15) is 0 Å². The molecule has 29 heavy (non-hydrogen) atoms. The van der Waals surface area contributed by atoms with Crippen molar-refractivity contribution in [2.45, 2.75) is 19.9 Å². The molecular weight excluding hydrogens is 470 g/mol. The van der Waals surface area contributed by atoms with Gasteiger partial charge in [0.05, 0.1) is 29.1 Å². The number of methoxy groups -OCH3 is 1. The Morgan fingerprint density at radius 1 is 1.34 bits per heavy atom. The van der Waals surface area contributed by atoms with Gasteiger partial charge in [0.1, 0.15) is 12.6 Å². The van der Waals surface area contributed by atoms with Crippen LogP contribution < -0.4 is 14.6 Å². The van der Waals surface area contributed by atoms with Gasteiger partial charge in [-0.15, -0.1) is 0 Å². The second-order valence-electron chi connectivity index (χ2n) is 5.67. The summed E-state index contributed by atoms with van der Waals surface area (Å²) < 4.78 is 15.6. The van der Waals surface area contributed by atoms with E-state index < -0.39 is 35.7 Å². The molecule has 1 saturated heterocycles. The van der Waals surface area contributed by atoms with Gasteiger partial charge in [0.15, 0.2) is 11.5 Å². The second-order valence-corrected chi connectivity index (χ2v) is 7.52. The number of rotatable bonds is 8. The number of carboxylic acid groups (broad SMARTS) is 1. The molecule has 11 heteroatoms. The summed E-state index contributed by atoms with van der Waals surface area (Å²) in [6, 6.07) is 2.03. The molecular formula is C18H17BrNO8S-. The molecule has 1 atom stereocenters. The third-order valence-corrected chi connectivity index (χ3v) is 5.20. The highest BCUT2D eigenvalue weighted by molar-refractivity contribution is 9.10. The van der Waals surface area contributed by atoms with Crippen molar-refractivity contribution in [3.8, 4) is 11.5 Å². The number of hydrogen-bond acceptors (Lipinski definition) is 9. The lowest BCUT2D eigenvalue weighted by Gasteiger charge is -2.19. The Labute approximate surface area is 179 Å². The number of esters is 1. The third-order valence-electron chi connectivity index (χ3n) is 3.72. The lowest BCUT2D eigenvalue weighted by molar-refractivity contribution is -0.307. The minimum Gasteiger partial charge on any atom is -0.546 e. The van der Waals surface area contributed by atoms with E-state index in [0.717, 1.165) is 4.90 Å². The predicted octanol–water partition coefficient (Wildman–Crippen LogP) is 1.57. The number of halogens is 1. The van der Waals surface area contributed by atoms with Crippen molar-refractivity contribution in [2.75, 3.05) is 20.3 Å². The molecule has 0 spiro atoms. The van der Waals surface area contributed by atoms with E-state index in [1.807, 2.05) is 0 Å². The van der Waals surface area contributed by atoms with Crippen LogP contribution in [0.3, 0.4) is 0 Å². The molecule has 1 aromatic carbocycles. The molecule has 0 bridgehead atoms. The van der Waals surface area contributed by atoms with E-state index >= 15 is 0 Å². The van der Waals surface area contributed by atoms with E-state index in [1.54, 1.807) is 13.0 Å². The van der Waals surface area contributed by atoms with Crippen LogP contribution in [0.25, 0.3) is 6.08 Å². The van der Waals surface area contributed by atoms with E-state index in [-0.39, 0.29) is 23.0 Å². The normalized spacial score (nSPS) is 16.1. The highest BCUT2D eigenvalue weighted by Crippen LogP contribution is 2.39. The fourth-order valence-corrected chi connectivity index (χ4v) is 3.91. The van der Waals surface area contributed by atoms with Gasteiger partial charge >= 0.3 is 5.97 Å². The fraction of sp³-hybridized carbons (Fsp3) is 0.333. The lowest BCUT2D eigenvalue weighted by atomic mass is 10.1. The maximum absolute atomic E-state index is 12.6. The van der Waals surface area contributed by atoms with E-state index in [0.29, 0.717) is 21.8 Å². The summed E-state index contributed by atoms with van der Waals surface area (Å²) in [6.07, 6.45) is 1.46. The Morgan fingerprint density at radius 2 is 2.03 bits per heavy atom. The van der Waals surface area contributed by atoms with Crippen molar-refractivity contribution in [1.82, 2.24) is 4.90 Å². The molecule has 0 aliphatic carbocycles. The van der Waals surface area contributed by atoms with E-state index in [4.69, 9.17) is 14.2 Å². The van der Waals surface area contributed by atoms with Crippen LogP contribution in [0.1, 0.15) is 19.4 Å². The molecule has 1 heterocycles. The lowest BCUT2D eigenvalue weighted by Crippen LogP contribution is -2.42. The van der Waals surface area contributed by atoms with Gasteiger partial charge in [0, 0.05) is 0 Å². The Bertz CT molecular complexity index is 885. The summed E-state index contributed by atoms with van der Waals surface area (Å²) in [5.74, 6) is -2.32. The van der Waals surface area contributed by atoms with Gasteiger partial charge in [-0.05, 0) is 65.3 Å². The summed E-state index contributed by atoms with van der Waals surface area (Å²) >= 11 is 3.95. The molecule has 1 aliphatic heterocycles. The van der Waals surface area contributed by atoms with Gasteiger partial charge in [-0.1, -0.05) is 0 Å². The first-order chi connectivity index (χ1) is 13.7. The number of imide groups is 1. The van der Waals surface area contributed by atoms with E-state index in [2.05, 4.69) is 15.9 Å². The molecule has 1 fully saturated rings. The smallest absolute Gasteiger partial charge is 0.329 e. The molecule has 2 amide bonds. The van der Waals surface area contributed by atoms with Crippen LogP contribution in [-0.4, -0.2) is 54.4 Å². The number of nitrogens with zero attached hydrogens (tertiary/aromatic N) is 1. The summed E-state index contributed by atoms with van der Waals surface area (Å²) in [7, 11) is 1.37. The van der Waals surface area contributed by atoms with Gasteiger partial charge in [0.25, 0.3) is 11.1 Å². The number of amides is 2. The predicted molar refractivity (Wildman–Crippen MR) is 105 cm³/mol. The monoisotopic (exact) mass is 486 g/mol. The van der Waals surface area contributed by atoms with Crippen molar-refractivity contribution < 1.29 is 38.5 Å². The average Bonchev–Trinajstić information content (AvgIpc) is 2.93.